The molecule has 2 N–H and O–H groups in total. The molecule has 2 fully saturated rings. The first kappa shape index (κ1) is 19.7. The maximum Gasteiger partial charge on any atom is 0.407 e. The molecule has 0 aliphatic carbocycles. The van der Waals surface area contributed by atoms with E-state index in [0.717, 1.165) is 36.5 Å². The fourth-order valence-corrected chi connectivity index (χ4v) is 3.06. The summed E-state index contributed by atoms with van der Waals surface area (Å²) in [7, 11) is 2.09. The van der Waals surface area contributed by atoms with Crippen molar-refractivity contribution in [3.63, 3.8) is 0 Å². The second kappa shape index (κ2) is 11.1. The Bertz CT molecular complexity index is 533. The number of ether oxygens (including phenoxy) is 1. The molecule has 2 saturated heterocycles. The van der Waals surface area contributed by atoms with E-state index in [2.05, 4.69) is 22.6 Å². The van der Waals surface area contributed by atoms with Crippen molar-refractivity contribution < 1.29 is 9.53 Å². The summed E-state index contributed by atoms with van der Waals surface area (Å²) >= 11 is 5.14. The van der Waals surface area contributed by atoms with Crippen LogP contribution in [-0.4, -0.2) is 48.7 Å². The van der Waals surface area contributed by atoms with Crippen LogP contribution in [0.5, 0.6) is 0 Å². The molecule has 1 amide bonds. The van der Waals surface area contributed by atoms with E-state index < -0.39 is 0 Å². The number of amides is 1. The third kappa shape index (κ3) is 7.84. The molecule has 1 unspecified atom stereocenters. The van der Waals surface area contributed by atoms with Crippen LogP contribution in [0, 0.1) is 0 Å². The van der Waals surface area contributed by atoms with Crippen LogP contribution in [-0.2, 0) is 11.3 Å². The molecule has 3 rings (SSSR count). The molecule has 138 valence electrons. The fourth-order valence-electron chi connectivity index (χ4n) is 2.83. The van der Waals surface area contributed by atoms with Gasteiger partial charge in [-0.2, -0.15) is 0 Å². The quantitative estimate of drug-likeness (QED) is 0.808. The van der Waals surface area contributed by atoms with Crippen molar-refractivity contribution in [2.24, 2.45) is 0 Å². The number of thiocarbonyl (C=S) groups is 1. The Kier molecular flexibility index (Phi) is 8.69. The van der Waals surface area contributed by atoms with Gasteiger partial charge < -0.3 is 20.3 Å². The van der Waals surface area contributed by atoms with Crippen LogP contribution < -0.4 is 10.6 Å². The summed E-state index contributed by atoms with van der Waals surface area (Å²) in [6.07, 6.45) is 5.73. The standard InChI is InChI=1S/C12H16N2O2.C7H13NS/c15-12(14-11-6-7-13-8-11)16-9-10-4-2-1-3-5-10;1-8-6-4-2-3-5-7(8)9/h1-5,11,13H,6-9H2,(H,14,15);2-6H2,1H3. The number of nitrogens with one attached hydrogen (secondary N) is 2. The summed E-state index contributed by atoms with van der Waals surface area (Å²) in [4.78, 5) is 14.8. The van der Waals surface area contributed by atoms with Gasteiger partial charge in [0.05, 0.1) is 4.99 Å². The highest BCUT2D eigenvalue weighted by atomic mass is 32.1. The maximum absolute atomic E-state index is 11.4. The normalized spacial score (nSPS) is 20.3. The highest BCUT2D eigenvalue weighted by Crippen LogP contribution is 2.10. The van der Waals surface area contributed by atoms with E-state index in [4.69, 9.17) is 17.0 Å². The molecule has 2 aliphatic heterocycles. The predicted octanol–water partition coefficient (Wildman–Crippen LogP) is 3.09. The summed E-state index contributed by atoms with van der Waals surface area (Å²) in [5.41, 5.74) is 1.00. The second-order valence-electron chi connectivity index (χ2n) is 6.52. The zero-order chi connectivity index (χ0) is 17.9. The van der Waals surface area contributed by atoms with E-state index in [1.54, 1.807) is 0 Å². The zero-order valence-electron chi connectivity index (χ0n) is 15.0. The van der Waals surface area contributed by atoms with Crippen LogP contribution in [0.4, 0.5) is 4.79 Å². The molecule has 25 heavy (non-hydrogen) atoms. The summed E-state index contributed by atoms with van der Waals surface area (Å²) in [5, 5.41) is 6.01. The Morgan fingerprint density at radius 1 is 1.32 bits per heavy atom. The van der Waals surface area contributed by atoms with Gasteiger partial charge in [0, 0.05) is 26.2 Å². The first-order valence-electron chi connectivity index (χ1n) is 9.07. The monoisotopic (exact) mass is 363 g/mol. The van der Waals surface area contributed by atoms with Gasteiger partial charge in [-0.1, -0.05) is 49.0 Å². The maximum atomic E-state index is 11.4. The lowest BCUT2D eigenvalue weighted by molar-refractivity contribution is 0.136. The molecule has 2 heterocycles. The van der Waals surface area contributed by atoms with Crippen molar-refractivity contribution in [2.75, 3.05) is 26.7 Å². The molecular weight excluding hydrogens is 334 g/mol. The molecule has 1 atom stereocenters. The molecule has 2 aliphatic rings. The van der Waals surface area contributed by atoms with Crippen LogP contribution >= 0.6 is 12.2 Å². The Hall–Kier alpha value is -1.66. The SMILES string of the molecule is CN1CCCCCC1=S.O=C(NC1CCNC1)OCc1ccccc1. The van der Waals surface area contributed by atoms with Gasteiger partial charge in [-0.15, -0.1) is 0 Å². The van der Waals surface area contributed by atoms with Crippen LogP contribution in [0.15, 0.2) is 30.3 Å². The molecule has 0 aromatic heterocycles. The zero-order valence-corrected chi connectivity index (χ0v) is 15.8. The minimum Gasteiger partial charge on any atom is -0.445 e. The Balaban J connectivity index is 0.000000212. The van der Waals surface area contributed by atoms with Gasteiger partial charge in [0.15, 0.2) is 0 Å². The molecule has 0 spiro atoms. The molecular formula is C19H29N3O2S. The van der Waals surface area contributed by atoms with Gasteiger partial charge in [0.1, 0.15) is 6.61 Å². The van der Waals surface area contributed by atoms with Gasteiger partial charge in [0.25, 0.3) is 0 Å². The number of rotatable bonds is 3. The Morgan fingerprint density at radius 2 is 2.12 bits per heavy atom. The van der Waals surface area contributed by atoms with Crippen molar-refractivity contribution in [3.8, 4) is 0 Å². The van der Waals surface area contributed by atoms with Gasteiger partial charge in [0.2, 0.25) is 0 Å². The van der Waals surface area contributed by atoms with Gasteiger partial charge in [-0.05, 0) is 37.8 Å². The Morgan fingerprint density at radius 3 is 2.84 bits per heavy atom. The average Bonchev–Trinajstić information content (AvgIpc) is 3.06. The minimum atomic E-state index is -0.336. The predicted molar refractivity (Wildman–Crippen MR) is 105 cm³/mol. The largest absolute Gasteiger partial charge is 0.445 e. The fraction of sp³-hybridized carbons (Fsp3) is 0.579. The lowest BCUT2D eigenvalue weighted by atomic mass is 10.2. The third-order valence-electron chi connectivity index (χ3n) is 4.40. The van der Waals surface area contributed by atoms with Crippen LogP contribution in [0.3, 0.4) is 0 Å². The van der Waals surface area contributed by atoms with Crippen molar-refractivity contribution in [1.29, 1.82) is 0 Å². The number of likely N-dealkylation sites (tertiary alicyclic amines) is 1. The van der Waals surface area contributed by atoms with Crippen molar-refractivity contribution >= 4 is 23.3 Å². The summed E-state index contributed by atoms with van der Waals surface area (Å²) < 4.78 is 5.11. The van der Waals surface area contributed by atoms with Gasteiger partial charge in [-0.3, -0.25) is 0 Å². The molecule has 1 aromatic carbocycles. The molecule has 0 saturated carbocycles. The number of carbonyl (C=O) groups excluding carboxylic acids is 1. The van der Waals surface area contributed by atoms with E-state index in [1.165, 1.54) is 25.8 Å². The Labute approximate surface area is 156 Å². The summed E-state index contributed by atoms with van der Waals surface area (Å²) in [6.45, 7) is 3.29. The smallest absolute Gasteiger partial charge is 0.407 e. The van der Waals surface area contributed by atoms with Crippen molar-refractivity contribution in [2.45, 2.75) is 44.8 Å². The van der Waals surface area contributed by atoms with Gasteiger partial charge >= 0.3 is 6.09 Å². The molecule has 0 bridgehead atoms. The summed E-state index contributed by atoms with van der Waals surface area (Å²) in [6, 6.07) is 9.88. The van der Waals surface area contributed by atoms with E-state index >= 15 is 0 Å². The van der Waals surface area contributed by atoms with E-state index in [-0.39, 0.29) is 12.1 Å². The number of hydrogen-bond donors (Lipinski definition) is 2. The third-order valence-corrected chi connectivity index (χ3v) is 4.92. The first-order chi connectivity index (χ1) is 12.1. The molecule has 5 nitrogen and oxygen atoms in total. The number of hydrogen-bond acceptors (Lipinski definition) is 4. The molecule has 1 aromatic rings. The lowest BCUT2D eigenvalue weighted by Crippen LogP contribution is -2.36. The number of nitrogens with zero attached hydrogens (tertiary/aromatic N) is 1. The first-order valence-corrected chi connectivity index (χ1v) is 9.48. The van der Waals surface area contributed by atoms with Crippen molar-refractivity contribution in [1.82, 2.24) is 15.5 Å². The topological polar surface area (TPSA) is 53.6 Å². The number of alkyl carbamates (subject to hydrolysis) is 1. The van der Waals surface area contributed by atoms with E-state index in [0.29, 0.717) is 6.61 Å². The van der Waals surface area contributed by atoms with Crippen LogP contribution in [0.2, 0.25) is 0 Å². The van der Waals surface area contributed by atoms with Crippen molar-refractivity contribution in [3.05, 3.63) is 35.9 Å². The number of benzene rings is 1. The second-order valence-corrected chi connectivity index (χ2v) is 6.99. The minimum absolute atomic E-state index is 0.211. The number of carbonyl (C=O) groups is 1. The average molecular weight is 364 g/mol. The van der Waals surface area contributed by atoms with E-state index in [9.17, 15) is 4.79 Å². The van der Waals surface area contributed by atoms with Gasteiger partial charge in [-0.25, -0.2) is 4.79 Å². The van der Waals surface area contributed by atoms with Crippen LogP contribution in [0.25, 0.3) is 0 Å². The molecule has 6 heteroatoms. The lowest BCUT2D eigenvalue weighted by Gasteiger charge is -2.15. The highest BCUT2D eigenvalue weighted by Gasteiger charge is 2.17. The summed E-state index contributed by atoms with van der Waals surface area (Å²) in [5.74, 6) is 0. The highest BCUT2D eigenvalue weighted by molar-refractivity contribution is 7.80. The molecule has 0 radical (unpaired) electrons. The van der Waals surface area contributed by atoms with Crippen LogP contribution in [0.1, 0.15) is 37.7 Å². The van der Waals surface area contributed by atoms with E-state index in [1.807, 2.05) is 30.3 Å².